The standard InChI is InChI=1S/C7H3BrFIN2/c8-6-2-11-7-1-5(10)4(9)3-12(6)7/h1-3H. The minimum Gasteiger partial charge on any atom is -0.291 e. The molecule has 2 heterocycles. The maximum atomic E-state index is 13.0. The van der Waals surface area contributed by atoms with Crippen molar-refractivity contribution in [1.29, 1.82) is 0 Å². The highest BCUT2D eigenvalue weighted by molar-refractivity contribution is 14.1. The number of rotatable bonds is 0. The molecule has 0 aliphatic carbocycles. The quantitative estimate of drug-likeness (QED) is 0.674. The smallest absolute Gasteiger partial charge is 0.153 e. The van der Waals surface area contributed by atoms with E-state index in [1.54, 1.807) is 16.7 Å². The van der Waals surface area contributed by atoms with Crippen molar-refractivity contribution < 1.29 is 4.39 Å². The Labute approximate surface area is 90.1 Å². The van der Waals surface area contributed by atoms with Gasteiger partial charge in [-0.15, -0.1) is 0 Å². The molecule has 2 aromatic heterocycles. The zero-order valence-corrected chi connectivity index (χ0v) is 9.50. The molecule has 0 amide bonds. The Morgan fingerprint density at radius 1 is 1.58 bits per heavy atom. The number of halogens is 3. The Morgan fingerprint density at radius 2 is 2.33 bits per heavy atom. The Bertz CT molecular complexity index is 440. The minimum atomic E-state index is -0.234. The molecule has 2 nitrogen and oxygen atoms in total. The van der Waals surface area contributed by atoms with E-state index in [1.807, 2.05) is 22.6 Å². The first-order chi connectivity index (χ1) is 5.68. The molecule has 0 bridgehead atoms. The van der Waals surface area contributed by atoms with Crippen LogP contribution in [0.2, 0.25) is 0 Å². The van der Waals surface area contributed by atoms with E-state index in [2.05, 4.69) is 20.9 Å². The van der Waals surface area contributed by atoms with Gasteiger partial charge in [-0.05, 0) is 44.6 Å². The molecular weight excluding hydrogens is 338 g/mol. The lowest BCUT2D eigenvalue weighted by Crippen LogP contribution is -1.90. The van der Waals surface area contributed by atoms with Gasteiger partial charge in [-0.25, -0.2) is 9.37 Å². The highest BCUT2D eigenvalue weighted by atomic mass is 127. The van der Waals surface area contributed by atoms with Gasteiger partial charge in [0.1, 0.15) is 10.3 Å². The summed E-state index contributed by atoms with van der Waals surface area (Å²) in [5, 5.41) is 0. The largest absolute Gasteiger partial charge is 0.291 e. The molecule has 0 aliphatic rings. The fourth-order valence-corrected chi connectivity index (χ4v) is 1.75. The van der Waals surface area contributed by atoms with E-state index in [4.69, 9.17) is 0 Å². The third-order valence-electron chi connectivity index (χ3n) is 1.51. The number of nitrogens with zero attached hydrogens (tertiary/aromatic N) is 2. The monoisotopic (exact) mass is 340 g/mol. The van der Waals surface area contributed by atoms with Gasteiger partial charge in [0.15, 0.2) is 5.82 Å². The molecule has 0 spiro atoms. The van der Waals surface area contributed by atoms with E-state index < -0.39 is 0 Å². The number of hydrogen-bond donors (Lipinski definition) is 0. The van der Waals surface area contributed by atoms with E-state index in [0.29, 0.717) is 3.57 Å². The first-order valence-corrected chi connectivity index (χ1v) is 5.03. The third kappa shape index (κ3) is 1.24. The van der Waals surface area contributed by atoms with Crippen LogP contribution in [-0.4, -0.2) is 9.38 Å². The first kappa shape index (κ1) is 8.43. The van der Waals surface area contributed by atoms with Gasteiger partial charge in [0, 0.05) is 6.20 Å². The molecule has 0 radical (unpaired) electrons. The molecule has 0 atom stereocenters. The van der Waals surface area contributed by atoms with Gasteiger partial charge in [0.25, 0.3) is 0 Å². The van der Waals surface area contributed by atoms with Crippen molar-refractivity contribution in [1.82, 2.24) is 9.38 Å². The number of imidazole rings is 1. The Morgan fingerprint density at radius 3 is 3.08 bits per heavy atom. The van der Waals surface area contributed by atoms with Crippen LogP contribution in [-0.2, 0) is 0 Å². The fourth-order valence-electron chi connectivity index (χ4n) is 0.945. The van der Waals surface area contributed by atoms with Gasteiger partial charge in [-0.1, -0.05) is 0 Å². The predicted octanol–water partition coefficient (Wildman–Crippen LogP) is 2.84. The van der Waals surface area contributed by atoms with Crippen LogP contribution >= 0.6 is 38.5 Å². The van der Waals surface area contributed by atoms with Crippen LogP contribution in [0.15, 0.2) is 23.1 Å². The molecule has 0 saturated carbocycles. The molecule has 0 fully saturated rings. The summed E-state index contributed by atoms with van der Waals surface area (Å²) in [5.41, 5.74) is 0.743. The van der Waals surface area contributed by atoms with Crippen molar-refractivity contribution >= 4 is 44.2 Å². The van der Waals surface area contributed by atoms with E-state index in [0.717, 1.165) is 10.3 Å². The topological polar surface area (TPSA) is 17.3 Å². The first-order valence-electron chi connectivity index (χ1n) is 3.16. The molecule has 0 saturated heterocycles. The second-order valence-electron chi connectivity index (χ2n) is 2.28. The van der Waals surface area contributed by atoms with Gasteiger partial charge >= 0.3 is 0 Å². The Hall–Kier alpha value is -0.170. The van der Waals surface area contributed by atoms with Gasteiger partial charge < -0.3 is 0 Å². The minimum absolute atomic E-state index is 0.234. The summed E-state index contributed by atoms with van der Waals surface area (Å²) < 4.78 is 16.0. The summed E-state index contributed by atoms with van der Waals surface area (Å²) in [7, 11) is 0. The van der Waals surface area contributed by atoms with Crippen LogP contribution in [0.25, 0.3) is 5.65 Å². The number of pyridine rings is 1. The molecule has 2 aromatic rings. The van der Waals surface area contributed by atoms with Crippen molar-refractivity contribution in [2.75, 3.05) is 0 Å². The molecule has 62 valence electrons. The van der Waals surface area contributed by atoms with Crippen LogP contribution in [0.5, 0.6) is 0 Å². The fraction of sp³-hybridized carbons (Fsp3) is 0. The summed E-state index contributed by atoms with van der Waals surface area (Å²) >= 11 is 5.19. The van der Waals surface area contributed by atoms with Crippen molar-refractivity contribution in [3.8, 4) is 0 Å². The van der Waals surface area contributed by atoms with Crippen LogP contribution in [0.4, 0.5) is 4.39 Å². The zero-order chi connectivity index (χ0) is 8.72. The van der Waals surface area contributed by atoms with Gasteiger partial charge in [0.2, 0.25) is 0 Å². The van der Waals surface area contributed by atoms with Crippen LogP contribution in [0.3, 0.4) is 0 Å². The number of hydrogen-bond acceptors (Lipinski definition) is 1. The van der Waals surface area contributed by atoms with E-state index in [-0.39, 0.29) is 5.82 Å². The molecule has 0 N–H and O–H groups in total. The summed E-state index contributed by atoms with van der Waals surface area (Å²) in [4.78, 5) is 4.06. The summed E-state index contributed by atoms with van der Waals surface area (Å²) in [6.07, 6.45) is 3.05. The average molecular weight is 341 g/mol. The van der Waals surface area contributed by atoms with Crippen molar-refractivity contribution in [3.05, 3.63) is 32.5 Å². The number of aromatic nitrogens is 2. The SMILES string of the molecule is Fc1cn2c(Br)cnc2cc1I. The van der Waals surface area contributed by atoms with Crippen molar-refractivity contribution in [3.63, 3.8) is 0 Å². The maximum Gasteiger partial charge on any atom is 0.153 e. The third-order valence-corrected chi connectivity index (χ3v) is 2.92. The normalized spacial score (nSPS) is 10.9. The highest BCUT2D eigenvalue weighted by Gasteiger charge is 2.04. The van der Waals surface area contributed by atoms with Gasteiger partial charge in [-0.2, -0.15) is 0 Å². The zero-order valence-electron chi connectivity index (χ0n) is 5.76. The predicted molar refractivity (Wildman–Crippen MR) is 55.6 cm³/mol. The van der Waals surface area contributed by atoms with E-state index in [9.17, 15) is 4.39 Å². The highest BCUT2D eigenvalue weighted by Crippen LogP contribution is 2.17. The van der Waals surface area contributed by atoms with Crippen LogP contribution in [0.1, 0.15) is 0 Å². The summed E-state index contributed by atoms with van der Waals surface area (Å²) in [6.45, 7) is 0. The maximum absolute atomic E-state index is 13.0. The Balaban J connectivity index is 2.87. The van der Waals surface area contributed by atoms with E-state index in [1.165, 1.54) is 6.20 Å². The molecule has 0 aromatic carbocycles. The van der Waals surface area contributed by atoms with Gasteiger partial charge in [0.05, 0.1) is 9.77 Å². The van der Waals surface area contributed by atoms with E-state index >= 15 is 0 Å². The molecule has 5 heteroatoms. The van der Waals surface area contributed by atoms with Crippen molar-refractivity contribution in [2.24, 2.45) is 0 Å². The van der Waals surface area contributed by atoms with Crippen LogP contribution in [0, 0.1) is 9.39 Å². The van der Waals surface area contributed by atoms with Crippen molar-refractivity contribution in [2.45, 2.75) is 0 Å². The average Bonchev–Trinajstić information content (AvgIpc) is 2.35. The van der Waals surface area contributed by atoms with Crippen LogP contribution < -0.4 is 0 Å². The summed E-state index contributed by atoms with van der Waals surface area (Å²) in [6, 6.07) is 1.70. The lowest BCUT2D eigenvalue weighted by atomic mass is 10.5. The molecule has 0 aliphatic heterocycles. The number of fused-ring (bicyclic) bond motifs is 1. The molecule has 2 rings (SSSR count). The lowest BCUT2D eigenvalue weighted by molar-refractivity contribution is 0.611. The lowest BCUT2D eigenvalue weighted by Gasteiger charge is -1.97. The molecular formula is C7H3BrFIN2. The molecule has 0 unspecified atom stereocenters. The molecule has 12 heavy (non-hydrogen) atoms. The second-order valence-corrected chi connectivity index (χ2v) is 4.25. The second kappa shape index (κ2) is 2.95. The summed E-state index contributed by atoms with van der Waals surface area (Å²) in [5.74, 6) is -0.234. The Kier molecular flexibility index (Phi) is 2.07. The van der Waals surface area contributed by atoms with Gasteiger partial charge in [-0.3, -0.25) is 4.40 Å².